The Kier molecular flexibility index (Phi) is 7.12. The summed E-state index contributed by atoms with van der Waals surface area (Å²) in [6.45, 7) is 7.83. The van der Waals surface area contributed by atoms with Gasteiger partial charge in [0.05, 0.1) is 36.4 Å². The van der Waals surface area contributed by atoms with Crippen LogP contribution in [0.3, 0.4) is 0 Å². The van der Waals surface area contributed by atoms with E-state index in [9.17, 15) is 18.4 Å². The van der Waals surface area contributed by atoms with Gasteiger partial charge in [-0.25, -0.2) is 23.4 Å². The molecular weight excluding hydrogens is 514 g/mol. The molecule has 0 saturated carbocycles. The van der Waals surface area contributed by atoms with Crippen LogP contribution in [0.1, 0.15) is 20.8 Å². The van der Waals surface area contributed by atoms with Gasteiger partial charge in [-0.05, 0) is 32.9 Å². The number of rotatable bonds is 6. The van der Waals surface area contributed by atoms with Crippen LogP contribution >= 0.6 is 0 Å². The number of carbonyl (C=O) groups excluding carboxylic acids is 2. The van der Waals surface area contributed by atoms with E-state index >= 15 is 0 Å². The topological polar surface area (TPSA) is 128 Å². The number of aromatic nitrogens is 5. The molecule has 0 radical (unpaired) electrons. The molecule has 2 aromatic heterocycles. The molecular formula is C25H28F2N8O4. The lowest BCUT2D eigenvalue weighted by atomic mass is 9.94. The van der Waals surface area contributed by atoms with Crippen LogP contribution in [-0.2, 0) is 16.1 Å². The molecule has 1 N–H and O–H groups in total. The van der Waals surface area contributed by atoms with Gasteiger partial charge < -0.3 is 19.7 Å². The second-order valence-electron chi connectivity index (χ2n) is 10.1. The maximum absolute atomic E-state index is 13.8. The minimum Gasteiger partial charge on any atom is -0.463 e. The van der Waals surface area contributed by atoms with Crippen LogP contribution in [0.5, 0.6) is 17.6 Å². The van der Waals surface area contributed by atoms with Crippen LogP contribution in [0.4, 0.5) is 14.6 Å². The molecule has 0 aliphatic carbocycles. The van der Waals surface area contributed by atoms with E-state index in [0.717, 1.165) is 12.1 Å². The first-order chi connectivity index (χ1) is 18.6. The van der Waals surface area contributed by atoms with Gasteiger partial charge in [-0.3, -0.25) is 14.5 Å². The van der Waals surface area contributed by atoms with E-state index in [4.69, 9.17) is 9.47 Å². The number of nitrogens with one attached hydrogen (secondary N) is 1. The van der Waals surface area contributed by atoms with E-state index in [-0.39, 0.29) is 41.8 Å². The Balaban J connectivity index is 1.16. The zero-order valence-corrected chi connectivity index (χ0v) is 21.7. The van der Waals surface area contributed by atoms with Gasteiger partial charge in [-0.1, -0.05) is 0 Å². The number of amides is 2. The molecule has 2 aliphatic rings. The molecule has 4 heterocycles. The monoisotopic (exact) mass is 542 g/mol. The number of anilines is 1. The van der Waals surface area contributed by atoms with E-state index in [1.54, 1.807) is 11.6 Å². The van der Waals surface area contributed by atoms with Crippen LogP contribution in [0.2, 0.25) is 0 Å². The number of carbonyl (C=O) groups is 2. The zero-order valence-electron chi connectivity index (χ0n) is 21.7. The fourth-order valence-electron chi connectivity index (χ4n) is 4.73. The van der Waals surface area contributed by atoms with E-state index in [0.29, 0.717) is 38.3 Å². The third-order valence-corrected chi connectivity index (χ3v) is 6.85. The Hall–Kier alpha value is -4.20. The summed E-state index contributed by atoms with van der Waals surface area (Å²) in [6.07, 6.45) is 3.92. The Morgan fingerprint density at radius 1 is 1.18 bits per heavy atom. The number of piperazine rings is 1. The Labute approximate surface area is 222 Å². The Morgan fingerprint density at radius 3 is 2.72 bits per heavy atom. The molecule has 3 aromatic rings. The first-order valence-corrected chi connectivity index (χ1v) is 12.4. The van der Waals surface area contributed by atoms with Gasteiger partial charge in [0.25, 0.3) is 0 Å². The lowest BCUT2D eigenvalue weighted by molar-refractivity contribution is -0.148. The standard InChI is InChI=1S/C25H28F2N8O4/c1-15(22(36)32-20-9-29-21(10-28-20)39-19-5-4-17(26)8-18(19)27)33-6-7-34(25(2,3)13-33)23(37)16-11-35-24(38-12-16)30-14-31-35/h4-5,8-10,14-16H,6-7,11-13H2,1-3H3,(H,28,32,36)/t15-,16?/m0/s1. The second kappa shape index (κ2) is 10.5. The molecule has 1 saturated heterocycles. The fourth-order valence-corrected chi connectivity index (χ4v) is 4.73. The van der Waals surface area contributed by atoms with E-state index in [2.05, 4.69) is 25.4 Å². The Bertz CT molecular complexity index is 1370. The van der Waals surface area contributed by atoms with Crippen molar-refractivity contribution < 1.29 is 27.8 Å². The van der Waals surface area contributed by atoms with E-state index in [1.165, 1.54) is 18.7 Å². The summed E-state index contributed by atoms with van der Waals surface area (Å²) in [6, 6.07) is 2.82. The third kappa shape index (κ3) is 5.65. The number of benzene rings is 1. The summed E-state index contributed by atoms with van der Waals surface area (Å²) < 4.78 is 39.3. The van der Waals surface area contributed by atoms with E-state index in [1.807, 2.05) is 23.6 Å². The number of fused-ring (bicyclic) bond motifs is 1. The van der Waals surface area contributed by atoms with Gasteiger partial charge in [-0.15, -0.1) is 0 Å². The molecule has 1 fully saturated rings. The van der Waals surface area contributed by atoms with Crippen LogP contribution in [-0.4, -0.2) is 84.2 Å². The van der Waals surface area contributed by atoms with Crippen LogP contribution in [0.25, 0.3) is 0 Å². The highest BCUT2D eigenvalue weighted by atomic mass is 19.1. The lowest BCUT2D eigenvalue weighted by Crippen LogP contribution is -2.65. The summed E-state index contributed by atoms with van der Waals surface area (Å²) in [7, 11) is 0. The maximum atomic E-state index is 13.8. The summed E-state index contributed by atoms with van der Waals surface area (Å²) in [4.78, 5) is 42.3. The molecule has 39 heavy (non-hydrogen) atoms. The minimum atomic E-state index is -0.871. The number of nitrogens with zero attached hydrogens (tertiary/aromatic N) is 7. The van der Waals surface area contributed by atoms with Crippen molar-refractivity contribution in [1.82, 2.24) is 34.5 Å². The van der Waals surface area contributed by atoms with Crippen molar-refractivity contribution in [3.63, 3.8) is 0 Å². The normalized spacial score (nSPS) is 19.5. The fraction of sp³-hybridized carbons (Fsp3) is 0.440. The van der Waals surface area contributed by atoms with Gasteiger partial charge in [0.2, 0.25) is 17.7 Å². The third-order valence-electron chi connectivity index (χ3n) is 6.85. The summed E-state index contributed by atoms with van der Waals surface area (Å²) >= 11 is 0. The second-order valence-corrected chi connectivity index (χ2v) is 10.1. The predicted octanol–water partition coefficient (Wildman–Crippen LogP) is 2.10. The highest BCUT2D eigenvalue weighted by Gasteiger charge is 2.42. The molecule has 2 atom stereocenters. The number of halogens is 2. The average Bonchev–Trinajstić information content (AvgIpc) is 3.38. The number of ether oxygens (including phenoxy) is 2. The van der Waals surface area contributed by atoms with Crippen molar-refractivity contribution in [3.05, 3.63) is 48.6 Å². The first-order valence-electron chi connectivity index (χ1n) is 12.4. The van der Waals surface area contributed by atoms with Crippen molar-refractivity contribution in [2.24, 2.45) is 5.92 Å². The molecule has 1 aromatic carbocycles. The molecule has 5 rings (SSSR count). The average molecular weight is 543 g/mol. The summed E-state index contributed by atoms with van der Waals surface area (Å²) in [5, 5.41) is 6.83. The van der Waals surface area contributed by atoms with Gasteiger partial charge in [-0.2, -0.15) is 10.1 Å². The van der Waals surface area contributed by atoms with Crippen molar-refractivity contribution in [1.29, 1.82) is 0 Å². The summed E-state index contributed by atoms with van der Waals surface area (Å²) in [5.41, 5.74) is -0.527. The van der Waals surface area contributed by atoms with Crippen molar-refractivity contribution >= 4 is 17.6 Å². The van der Waals surface area contributed by atoms with Gasteiger partial charge in [0.1, 0.15) is 18.8 Å². The lowest BCUT2D eigenvalue weighted by Gasteiger charge is -2.49. The maximum Gasteiger partial charge on any atom is 0.314 e. The van der Waals surface area contributed by atoms with Crippen molar-refractivity contribution in [2.75, 3.05) is 31.6 Å². The summed E-state index contributed by atoms with van der Waals surface area (Å²) in [5.74, 6) is -2.29. The van der Waals surface area contributed by atoms with Crippen molar-refractivity contribution in [2.45, 2.75) is 38.9 Å². The van der Waals surface area contributed by atoms with E-state index < -0.39 is 23.2 Å². The van der Waals surface area contributed by atoms with Crippen LogP contribution in [0, 0.1) is 17.6 Å². The quantitative estimate of drug-likeness (QED) is 0.498. The first kappa shape index (κ1) is 26.4. The Morgan fingerprint density at radius 2 is 2.00 bits per heavy atom. The molecule has 14 heteroatoms. The molecule has 2 aliphatic heterocycles. The molecule has 1 unspecified atom stereocenters. The van der Waals surface area contributed by atoms with Crippen LogP contribution in [0.15, 0.2) is 36.9 Å². The van der Waals surface area contributed by atoms with Crippen molar-refractivity contribution in [3.8, 4) is 17.6 Å². The molecule has 0 spiro atoms. The number of hydrogen-bond donors (Lipinski definition) is 1. The highest BCUT2D eigenvalue weighted by molar-refractivity contribution is 5.93. The molecule has 12 nitrogen and oxygen atoms in total. The number of hydrogen-bond acceptors (Lipinski definition) is 9. The predicted molar refractivity (Wildman–Crippen MR) is 133 cm³/mol. The highest BCUT2D eigenvalue weighted by Crippen LogP contribution is 2.27. The molecule has 2 amide bonds. The molecule has 206 valence electrons. The SMILES string of the molecule is C[C@@H](C(=O)Nc1cnc(Oc2ccc(F)cc2F)cn1)N1CCN(C(=O)C2COc3ncnn3C2)C(C)(C)C1. The minimum absolute atomic E-state index is 0.0162. The van der Waals surface area contributed by atoms with Gasteiger partial charge in [0.15, 0.2) is 17.4 Å². The largest absolute Gasteiger partial charge is 0.463 e. The van der Waals surface area contributed by atoms with Gasteiger partial charge in [0, 0.05) is 25.7 Å². The molecule has 0 bridgehead atoms. The smallest absolute Gasteiger partial charge is 0.314 e. The zero-order chi connectivity index (χ0) is 27.7. The van der Waals surface area contributed by atoms with Crippen LogP contribution < -0.4 is 14.8 Å². The van der Waals surface area contributed by atoms with Gasteiger partial charge >= 0.3 is 6.01 Å².